The van der Waals surface area contributed by atoms with E-state index in [-0.39, 0.29) is 12.5 Å². The maximum atomic E-state index is 11.6. The summed E-state index contributed by atoms with van der Waals surface area (Å²) in [4.78, 5) is 11.6. The number of hydrogen-bond acceptors (Lipinski definition) is 4. The minimum atomic E-state index is -0.229. The summed E-state index contributed by atoms with van der Waals surface area (Å²) in [5.74, 6) is 0.330. The van der Waals surface area contributed by atoms with Crippen LogP contribution < -0.4 is 10.7 Å². The number of furan rings is 1. The SMILES string of the molecule is Cc1ccc(NCC(=O)NN=Cc2ccc(Br)o2)cc1. The maximum absolute atomic E-state index is 11.6. The molecule has 1 aromatic carbocycles. The first-order chi connectivity index (χ1) is 9.63. The highest BCUT2D eigenvalue weighted by molar-refractivity contribution is 9.10. The van der Waals surface area contributed by atoms with Gasteiger partial charge in [0.1, 0.15) is 5.76 Å². The van der Waals surface area contributed by atoms with Crippen molar-refractivity contribution in [2.45, 2.75) is 6.92 Å². The summed E-state index contributed by atoms with van der Waals surface area (Å²) in [5.41, 5.74) is 4.48. The van der Waals surface area contributed by atoms with E-state index < -0.39 is 0 Å². The van der Waals surface area contributed by atoms with Crippen LogP contribution in [0.4, 0.5) is 5.69 Å². The molecule has 0 saturated heterocycles. The summed E-state index contributed by atoms with van der Waals surface area (Å²) in [6.07, 6.45) is 1.44. The molecular formula is C14H14BrN3O2. The van der Waals surface area contributed by atoms with Gasteiger partial charge in [-0.25, -0.2) is 5.43 Å². The number of nitrogens with zero attached hydrogens (tertiary/aromatic N) is 1. The van der Waals surface area contributed by atoms with Crippen LogP contribution in [0.1, 0.15) is 11.3 Å². The third-order valence-corrected chi connectivity index (χ3v) is 2.91. The summed E-state index contributed by atoms with van der Waals surface area (Å²) < 4.78 is 5.82. The van der Waals surface area contributed by atoms with Crippen molar-refractivity contribution in [2.75, 3.05) is 11.9 Å². The Morgan fingerprint density at radius 2 is 2.05 bits per heavy atom. The van der Waals surface area contributed by atoms with Gasteiger partial charge in [-0.2, -0.15) is 5.10 Å². The summed E-state index contributed by atoms with van der Waals surface area (Å²) in [6.45, 7) is 2.17. The molecule has 0 saturated carbocycles. The monoisotopic (exact) mass is 335 g/mol. The number of hydrogen-bond donors (Lipinski definition) is 2. The van der Waals surface area contributed by atoms with E-state index in [2.05, 4.69) is 31.8 Å². The van der Waals surface area contributed by atoms with Crippen LogP contribution in [0.15, 0.2) is 50.6 Å². The minimum absolute atomic E-state index is 0.155. The normalized spacial score (nSPS) is 10.7. The molecule has 0 aliphatic carbocycles. The van der Waals surface area contributed by atoms with Crippen molar-refractivity contribution in [3.63, 3.8) is 0 Å². The van der Waals surface area contributed by atoms with Crippen LogP contribution in [0.5, 0.6) is 0 Å². The van der Waals surface area contributed by atoms with E-state index in [1.807, 2.05) is 31.2 Å². The van der Waals surface area contributed by atoms with Gasteiger partial charge in [-0.3, -0.25) is 4.79 Å². The number of carbonyl (C=O) groups is 1. The average molecular weight is 336 g/mol. The second kappa shape index (κ2) is 6.91. The van der Waals surface area contributed by atoms with E-state index in [9.17, 15) is 4.79 Å². The number of halogens is 1. The molecule has 1 aromatic heterocycles. The molecule has 1 heterocycles. The molecule has 2 aromatic rings. The van der Waals surface area contributed by atoms with E-state index in [0.717, 1.165) is 5.69 Å². The Morgan fingerprint density at radius 3 is 2.70 bits per heavy atom. The number of anilines is 1. The summed E-state index contributed by atoms with van der Waals surface area (Å²) >= 11 is 3.18. The van der Waals surface area contributed by atoms with Crippen molar-refractivity contribution < 1.29 is 9.21 Å². The number of nitrogens with one attached hydrogen (secondary N) is 2. The molecule has 1 amide bonds. The van der Waals surface area contributed by atoms with Gasteiger partial charge in [0.15, 0.2) is 4.67 Å². The lowest BCUT2D eigenvalue weighted by Gasteiger charge is -2.05. The third kappa shape index (κ3) is 4.55. The molecular weight excluding hydrogens is 322 g/mol. The number of amides is 1. The molecule has 0 atom stereocenters. The Kier molecular flexibility index (Phi) is 4.95. The predicted molar refractivity (Wildman–Crippen MR) is 81.8 cm³/mol. The molecule has 2 N–H and O–H groups in total. The zero-order valence-corrected chi connectivity index (χ0v) is 12.5. The first kappa shape index (κ1) is 14.3. The lowest BCUT2D eigenvalue weighted by atomic mass is 10.2. The fourth-order valence-corrected chi connectivity index (χ4v) is 1.78. The fraction of sp³-hybridized carbons (Fsp3) is 0.143. The van der Waals surface area contributed by atoms with Crippen molar-refractivity contribution in [3.05, 3.63) is 52.4 Å². The predicted octanol–water partition coefficient (Wildman–Crippen LogP) is 2.91. The van der Waals surface area contributed by atoms with E-state index in [4.69, 9.17) is 4.42 Å². The molecule has 2 rings (SSSR count). The lowest BCUT2D eigenvalue weighted by Crippen LogP contribution is -2.25. The molecule has 0 unspecified atom stereocenters. The zero-order chi connectivity index (χ0) is 14.4. The topological polar surface area (TPSA) is 66.6 Å². The van der Waals surface area contributed by atoms with Crippen LogP contribution in [-0.2, 0) is 4.79 Å². The highest BCUT2D eigenvalue weighted by atomic mass is 79.9. The fourth-order valence-electron chi connectivity index (χ4n) is 1.46. The van der Waals surface area contributed by atoms with Gasteiger partial charge in [0.2, 0.25) is 0 Å². The first-order valence-electron chi connectivity index (χ1n) is 6.01. The molecule has 0 fully saturated rings. The molecule has 0 bridgehead atoms. The number of hydrazone groups is 1. The van der Waals surface area contributed by atoms with Gasteiger partial charge in [0.25, 0.3) is 5.91 Å². The van der Waals surface area contributed by atoms with Crippen molar-refractivity contribution in [1.29, 1.82) is 0 Å². The van der Waals surface area contributed by atoms with Gasteiger partial charge < -0.3 is 9.73 Å². The van der Waals surface area contributed by atoms with E-state index >= 15 is 0 Å². The Labute approximate surface area is 125 Å². The maximum Gasteiger partial charge on any atom is 0.259 e. The lowest BCUT2D eigenvalue weighted by molar-refractivity contribution is -0.119. The second-order valence-electron chi connectivity index (χ2n) is 4.15. The van der Waals surface area contributed by atoms with Gasteiger partial charge in [0, 0.05) is 5.69 Å². The summed E-state index contributed by atoms with van der Waals surface area (Å²) in [5, 5.41) is 6.81. The van der Waals surface area contributed by atoms with Crippen LogP contribution >= 0.6 is 15.9 Å². The molecule has 5 nitrogen and oxygen atoms in total. The molecule has 6 heteroatoms. The van der Waals surface area contributed by atoms with Crippen molar-refractivity contribution in [2.24, 2.45) is 5.10 Å². The Balaban J connectivity index is 1.75. The van der Waals surface area contributed by atoms with Crippen LogP contribution in [0, 0.1) is 6.92 Å². The molecule has 0 aliphatic rings. The molecule has 104 valence electrons. The van der Waals surface area contributed by atoms with Gasteiger partial charge in [-0.1, -0.05) is 17.7 Å². The van der Waals surface area contributed by atoms with Crippen molar-refractivity contribution >= 4 is 33.7 Å². The van der Waals surface area contributed by atoms with Gasteiger partial charge in [0.05, 0.1) is 12.8 Å². The van der Waals surface area contributed by atoms with Gasteiger partial charge >= 0.3 is 0 Å². The summed E-state index contributed by atoms with van der Waals surface area (Å²) in [6, 6.07) is 11.3. The molecule has 0 spiro atoms. The first-order valence-corrected chi connectivity index (χ1v) is 6.80. The average Bonchev–Trinajstić information content (AvgIpc) is 2.84. The minimum Gasteiger partial charge on any atom is -0.448 e. The van der Waals surface area contributed by atoms with Crippen LogP contribution in [-0.4, -0.2) is 18.7 Å². The molecule has 0 aliphatic heterocycles. The van der Waals surface area contributed by atoms with Gasteiger partial charge in [-0.05, 0) is 47.1 Å². The number of aryl methyl sites for hydroxylation is 1. The van der Waals surface area contributed by atoms with Crippen molar-refractivity contribution in [1.82, 2.24) is 5.43 Å². The Bertz CT molecular complexity index is 605. The van der Waals surface area contributed by atoms with Crippen LogP contribution in [0.3, 0.4) is 0 Å². The zero-order valence-electron chi connectivity index (χ0n) is 10.9. The standard InChI is InChI=1S/C14H14BrN3O2/c1-10-2-4-11(5-3-10)16-9-14(19)18-17-8-12-6-7-13(15)20-12/h2-8,16H,9H2,1H3,(H,18,19). The molecule has 0 radical (unpaired) electrons. The van der Waals surface area contributed by atoms with E-state index in [0.29, 0.717) is 10.4 Å². The second-order valence-corrected chi connectivity index (χ2v) is 4.94. The Hall–Kier alpha value is -2.08. The quantitative estimate of drug-likeness (QED) is 0.652. The van der Waals surface area contributed by atoms with E-state index in [1.165, 1.54) is 11.8 Å². The number of rotatable bonds is 5. The largest absolute Gasteiger partial charge is 0.448 e. The third-order valence-electron chi connectivity index (χ3n) is 2.48. The van der Waals surface area contributed by atoms with E-state index in [1.54, 1.807) is 12.1 Å². The van der Waals surface area contributed by atoms with Crippen LogP contribution in [0.25, 0.3) is 0 Å². The number of carbonyl (C=O) groups excluding carboxylic acids is 1. The Morgan fingerprint density at radius 1 is 1.30 bits per heavy atom. The number of benzene rings is 1. The molecule has 20 heavy (non-hydrogen) atoms. The smallest absolute Gasteiger partial charge is 0.259 e. The van der Waals surface area contributed by atoms with Crippen molar-refractivity contribution in [3.8, 4) is 0 Å². The highest BCUT2D eigenvalue weighted by Crippen LogP contribution is 2.12. The van der Waals surface area contributed by atoms with Gasteiger partial charge in [-0.15, -0.1) is 0 Å². The summed E-state index contributed by atoms with van der Waals surface area (Å²) in [7, 11) is 0. The van der Waals surface area contributed by atoms with Crippen LogP contribution in [0.2, 0.25) is 0 Å². The highest BCUT2D eigenvalue weighted by Gasteiger charge is 2.00.